The minimum Gasteiger partial charge on any atom is -0.365 e. The van der Waals surface area contributed by atoms with E-state index in [9.17, 15) is 9.59 Å². The number of nitrogens with zero attached hydrogens (tertiary/aromatic N) is 2. The van der Waals surface area contributed by atoms with Crippen LogP contribution in [-0.4, -0.2) is 27.0 Å². The van der Waals surface area contributed by atoms with Crippen molar-refractivity contribution in [2.24, 2.45) is 5.73 Å². The Bertz CT molecular complexity index is 518. The topological polar surface area (TPSA) is 114 Å². The van der Waals surface area contributed by atoms with Crippen LogP contribution in [-0.2, 0) is 0 Å². The molecule has 4 N–H and O–H groups in total. The molecule has 16 heavy (non-hydrogen) atoms. The van der Waals surface area contributed by atoms with Gasteiger partial charge in [0.25, 0.3) is 11.8 Å². The van der Waals surface area contributed by atoms with E-state index in [0.717, 1.165) is 0 Å². The maximum atomic E-state index is 11.6. The van der Waals surface area contributed by atoms with Crippen molar-refractivity contribution in [3.8, 4) is 0 Å². The zero-order chi connectivity index (χ0) is 11.5. The van der Waals surface area contributed by atoms with Crippen LogP contribution in [0, 0.1) is 0 Å². The first-order valence-corrected chi connectivity index (χ1v) is 5.15. The number of aromatic amines is 1. The van der Waals surface area contributed by atoms with Crippen molar-refractivity contribution in [2.45, 2.75) is 0 Å². The second-order valence-electron chi connectivity index (χ2n) is 2.85. The molecule has 2 heterocycles. The van der Waals surface area contributed by atoms with Gasteiger partial charge in [-0.15, -0.1) is 11.3 Å². The van der Waals surface area contributed by atoms with E-state index in [4.69, 9.17) is 5.73 Å². The standard InChI is InChI=1S/C8H7N5O2S/c9-6(14)4-1-11-13-7(4)12-8(15)5-2-16-3-10-5/h1-3H,(H2,9,14)(H2,11,12,13,15). The summed E-state index contributed by atoms with van der Waals surface area (Å²) in [6.07, 6.45) is 1.25. The number of nitrogens with one attached hydrogen (secondary N) is 2. The fourth-order valence-electron chi connectivity index (χ4n) is 1.07. The van der Waals surface area contributed by atoms with Gasteiger partial charge in [0, 0.05) is 5.38 Å². The molecular formula is C8H7N5O2S. The van der Waals surface area contributed by atoms with E-state index in [2.05, 4.69) is 20.5 Å². The second-order valence-corrected chi connectivity index (χ2v) is 3.57. The van der Waals surface area contributed by atoms with Gasteiger partial charge in [-0.1, -0.05) is 0 Å². The van der Waals surface area contributed by atoms with Gasteiger partial charge in [-0.2, -0.15) is 5.10 Å². The summed E-state index contributed by atoms with van der Waals surface area (Å²) >= 11 is 1.30. The number of hydrogen-bond donors (Lipinski definition) is 3. The van der Waals surface area contributed by atoms with E-state index in [1.54, 1.807) is 5.38 Å². The lowest BCUT2D eigenvalue weighted by Gasteiger charge is -2.00. The zero-order valence-electron chi connectivity index (χ0n) is 7.93. The van der Waals surface area contributed by atoms with Crippen LogP contribution in [0.4, 0.5) is 5.82 Å². The maximum absolute atomic E-state index is 11.6. The number of primary amides is 1. The predicted molar refractivity (Wildman–Crippen MR) is 57.2 cm³/mol. The fraction of sp³-hybridized carbons (Fsp3) is 0. The number of H-pyrrole nitrogens is 1. The summed E-state index contributed by atoms with van der Waals surface area (Å²) < 4.78 is 0. The van der Waals surface area contributed by atoms with E-state index in [0.29, 0.717) is 0 Å². The number of hydrogen-bond acceptors (Lipinski definition) is 5. The molecule has 0 bridgehead atoms. The number of carbonyl (C=O) groups excluding carboxylic acids is 2. The summed E-state index contributed by atoms with van der Waals surface area (Å²) in [7, 11) is 0. The Hall–Kier alpha value is -2.22. The zero-order valence-corrected chi connectivity index (χ0v) is 8.75. The van der Waals surface area contributed by atoms with Crippen LogP contribution in [0.1, 0.15) is 20.8 Å². The number of aromatic nitrogens is 3. The molecule has 2 aromatic heterocycles. The van der Waals surface area contributed by atoms with Gasteiger partial charge in [0.2, 0.25) is 0 Å². The van der Waals surface area contributed by atoms with Crippen molar-refractivity contribution in [1.82, 2.24) is 15.2 Å². The van der Waals surface area contributed by atoms with Crippen LogP contribution >= 0.6 is 11.3 Å². The van der Waals surface area contributed by atoms with Gasteiger partial charge in [0.05, 0.1) is 11.7 Å². The second kappa shape index (κ2) is 4.11. The summed E-state index contributed by atoms with van der Waals surface area (Å²) in [6.45, 7) is 0. The SMILES string of the molecule is NC(=O)c1cn[nH]c1NC(=O)c1cscn1. The highest BCUT2D eigenvalue weighted by atomic mass is 32.1. The summed E-state index contributed by atoms with van der Waals surface area (Å²) in [5.41, 5.74) is 7.03. The molecule has 0 aliphatic heterocycles. The molecule has 2 aromatic rings. The molecule has 2 rings (SSSR count). The smallest absolute Gasteiger partial charge is 0.276 e. The first kappa shape index (κ1) is 10.3. The first-order chi connectivity index (χ1) is 7.68. The van der Waals surface area contributed by atoms with Crippen LogP contribution in [0.2, 0.25) is 0 Å². The minimum atomic E-state index is -0.665. The fourth-order valence-corrected chi connectivity index (χ4v) is 1.60. The normalized spacial score (nSPS) is 10.0. The van der Waals surface area contributed by atoms with Crippen LogP contribution in [0.5, 0.6) is 0 Å². The lowest BCUT2D eigenvalue weighted by Crippen LogP contribution is -2.17. The van der Waals surface area contributed by atoms with Crippen LogP contribution in [0.15, 0.2) is 17.1 Å². The number of amides is 2. The molecule has 0 aromatic carbocycles. The average molecular weight is 237 g/mol. The maximum Gasteiger partial charge on any atom is 0.276 e. The highest BCUT2D eigenvalue weighted by molar-refractivity contribution is 7.07. The third kappa shape index (κ3) is 1.91. The molecule has 82 valence electrons. The Morgan fingerprint density at radius 2 is 2.31 bits per heavy atom. The first-order valence-electron chi connectivity index (χ1n) is 4.21. The number of rotatable bonds is 3. The van der Waals surface area contributed by atoms with E-state index in [1.807, 2.05) is 0 Å². The third-order valence-electron chi connectivity index (χ3n) is 1.81. The van der Waals surface area contributed by atoms with Crippen molar-refractivity contribution in [1.29, 1.82) is 0 Å². The molecule has 0 radical (unpaired) electrons. The monoisotopic (exact) mass is 237 g/mol. The summed E-state index contributed by atoms with van der Waals surface area (Å²) in [6, 6.07) is 0. The summed E-state index contributed by atoms with van der Waals surface area (Å²) in [4.78, 5) is 26.4. The number of anilines is 1. The van der Waals surface area contributed by atoms with E-state index in [1.165, 1.54) is 23.0 Å². The van der Waals surface area contributed by atoms with E-state index < -0.39 is 11.8 Å². The van der Waals surface area contributed by atoms with Gasteiger partial charge in [0.1, 0.15) is 17.1 Å². The van der Waals surface area contributed by atoms with Gasteiger partial charge in [0.15, 0.2) is 0 Å². The summed E-state index contributed by atoms with van der Waals surface area (Å²) in [5, 5.41) is 10.1. The lowest BCUT2D eigenvalue weighted by molar-refractivity contribution is 0.100. The number of nitrogens with two attached hydrogens (primary N) is 1. The Labute approximate surface area is 93.7 Å². The van der Waals surface area contributed by atoms with Gasteiger partial charge in [-0.25, -0.2) is 4.98 Å². The molecule has 0 aliphatic carbocycles. The van der Waals surface area contributed by atoms with Gasteiger partial charge in [-0.3, -0.25) is 14.7 Å². The molecule has 0 aliphatic rings. The number of thiazole rings is 1. The van der Waals surface area contributed by atoms with Crippen molar-refractivity contribution < 1.29 is 9.59 Å². The van der Waals surface area contributed by atoms with E-state index in [-0.39, 0.29) is 17.1 Å². The molecular weight excluding hydrogens is 230 g/mol. The largest absolute Gasteiger partial charge is 0.365 e. The van der Waals surface area contributed by atoms with Crippen LogP contribution in [0.3, 0.4) is 0 Å². The van der Waals surface area contributed by atoms with E-state index >= 15 is 0 Å². The minimum absolute atomic E-state index is 0.128. The Morgan fingerprint density at radius 1 is 1.50 bits per heavy atom. The average Bonchev–Trinajstić information content (AvgIpc) is 2.86. The molecule has 0 fully saturated rings. The molecule has 0 unspecified atom stereocenters. The summed E-state index contributed by atoms with van der Waals surface area (Å²) in [5.74, 6) is -0.916. The lowest BCUT2D eigenvalue weighted by atomic mass is 10.3. The highest BCUT2D eigenvalue weighted by Crippen LogP contribution is 2.11. The predicted octanol–water partition coefficient (Wildman–Crippen LogP) is 0.217. The third-order valence-corrected chi connectivity index (χ3v) is 2.39. The molecule has 0 atom stereocenters. The molecule has 0 saturated carbocycles. The van der Waals surface area contributed by atoms with Crippen LogP contribution in [0.25, 0.3) is 0 Å². The van der Waals surface area contributed by atoms with Crippen molar-refractivity contribution in [3.63, 3.8) is 0 Å². The highest BCUT2D eigenvalue weighted by Gasteiger charge is 2.14. The molecule has 7 nitrogen and oxygen atoms in total. The molecule has 0 saturated heterocycles. The Morgan fingerprint density at radius 3 is 2.94 bits per heavy atom. The van der Waals surface area contributed by atoms with Gasteiger partial charge >= 0.3 is 0 Å². The molecule has 0 spiro atoms. The van der Waals surface area contributed by atoms with Gasteiger partial charge in [-0.05, 0) is 0 Å². The van der Waals surface area contributed by atoms with Crippen molar-refractivity contribution >= 4 is 29.0 Å². The van der Waals surface area contributed by atoms with Gasteiger partial charge < -0.3 is 11.1 Å². The van der Waals surface area contributed by atoms with Crippen molar-refractivity contribution in [2.75, 3.05) is 5.32 Å². The van der Waals surface area contributed by atoms with Crippen LogP contribution < -0.4 is 11.1 Å². The molecule has 8 heteroatoms. The Kier molecular flexibility index (Phi) is 2.64. The quantitative estimate of drug-likeness (QED) is 0.708. The van der Waals surface area contributed by atoms with Crippen molar-refractivity contribution in [3.05, 3.63) is 28.3 Å². The Balaban J connectivity index is 2.18. The number of carbonyl (C=O) groups is 2. The molecule has 2 amide bonds.